The van der Waals surface area contributed by atoms with Crippen LogP contribution in [-0.2, 0) is 6.54 Å². The van der Waals surface area contributed by atoms with Crippen molar-refractivity contribution in [1.29, 1.82) is 0 Å². The van der Waals surface area contributed by atoms with Crippen LogP contribution in [0.25, 0.3) is 33.5 Å². The number of anilines is 1. The zero-order valence-corrected chi connectivity index (χ0v) is 22.5. The van der Waals surface area contributed by atoms with E-state index in [1.165, 1.54) is 0 Å². The summed E-state index contributed by atoms with van der Waals surface area (Å²) in [6.07, 6.45) is 0. The van der Waals surface area contributed by atoms with Crippen LogP contribution >= 0.6 is 0 Å². The number of carbonyl (C=O) groups excluding carboxylic acids is 1. The Hall–Kier alpha value is -5.51. The minimum Gasteiger partial charge on any atom is -0.497 e. The fourth-order valence-corrected chi connectivity index (χ4v) is 4.79. The van der Waals surface area contributed by atoms with Gasteiger partial charge in [0.25, 0.3) is 11.9 Å². The van der Waals surface area contributed by atoms with Gasteiger partial charge in [-0.1, -0.05) is 54.6 Å². The monoisotopic (exact) mass is 545 g/mol. The minimum atomic E-state index is -0.237. The van der Waals surface area contributed by atoms with Gasteiger partial charge >= 0.3 is 0 Å². The maximum atomic E-state index is 13.4. The summed E-state index contributed by atoms with van der Waals surface area (Å²) in [5.41, 5.74) is 6.54. The molecule has 4 aromatic carbocycles. The molecule has 6 rings (SSSR count). The van der Waals surface area contributed by atoms with Gasteiger partial charge in [0.05, 0.1) is 36.9 Å². The van der Waals surface area contributed by atoms with E-state index in [2.05, 4.69) is 50.2 Å². The van der Waals surface area contributed by atoms with Gasteiger partial charge in [-0.3, -0.25) is 9.36 Å². The van der Waals surface area contributed by atoms with Gasteiger partial charge in [0.2, 0.25) is 0 Å². The average molecular weight is 546 g/mol. The SMILES string of the molecule is CCOc1nc2cccc(C(=O)Nc3ccc(OC)cc3)c2n1Cc1ccc(-c2ccccc2-c2nnn[nH]2)cc1. The first-order chi connectivity index (χ1) is 20.1. The molecule has 204 valence electrons. The molecule has 2 N–H and O–H groups in total. The predicted molar refractivity (Wildman–Crippen MR) is 156 cm³/mol. The van der Waals surface area contributed by atoms with Crippen LogP contribution < -0.4 is 14.8 Å². The highest BCUT2D eigenvalue weighted by Gasteiger charge is 2.20. The fraction of sp³-hybridized carbons (Fsp3) is 0.129. The van der Waals surface area contributed by atoms with Gasteiger partial charge in [-0.15, -0.1) is 5.10 Å². The number of benzene rings is 4. The van der Waals surface area contributed by atoms with E-state index < -0.39 is 0 Å². The Balaban J connectivity index is 1.33. The van der Waals surface area contributed by atoms with Gasteiger partial charge < -0.3 is 14.8 Å². The molecule has 0 bridgehead atoms. The molecule has 0 saturated heterocycles. The predicted octanol–water partition coefficient (Wildman–Crippen LogP) is 5.59. The topological polar surface area (TPSA) is 120 Å². The van der Waals surface area contributed by atoms with Gasteiger partial charge in [-0.25, -0.2) is 5.10 Å². The molecule has 10 nitrogen and oxygen atoms in total. The van der Waals surface area contributed by atoms with Gasteiger partial charge in [0, 0.05) is 11.3 Å². The number of para-hydroxylation sites is 1. The molecular weight excluding hydrogens is 518 g/mol. The van der Waals surface area contributed by atoms with Crippen molar-refractivity contribution in [2.75, 3.05) is 19.0 Å². The van der Waals surface area contributed by atoms with E-state index in [0.717, 1.165) is 22.3 Å². The Morgan fingerprint density at radius 1 is 0.927 bits per heavy atom. The Bertz CT molecular complexity index is 1790. The van der Waals surface area contributed by atoms with Crippen molar-refractivity contribution in [3.8, 4) is 34.3 Å². The third kappa shape index (κ3) is 5.22. The number of imidazole rings is 1. The van der Waals surface area contributed by atoms with E-state index in [-0.39, 0.29) is 5.91 Å². The number of methoxy groups -OCH3 is 1. The van der Waals surface area contributed by atoms with Crippen molar-refractivity contribution in [3.05, 3.63) is 102 Å². The first kappa shape index (κ1) is 25.8. The molecule has 0 atom stereocenters. The largest absolute Gasteiger partial charge is 0.497 e. The van der Waals surface area contributed by atoms with Gasteiger partial charge in [-0.05, 0) is 70.4 Å². The molecule has 0 aliphatic heterocycles. The molecular formula is C31H27N7O3. The second kappa shape index (κ2) is 11.3. The van der Waals surface area contributed by atoms with Crippen LogP contribution in [0, 0.1) is 0 Å². The molecule has 6 aromatic rings. The molecule has 2 aromatic heterocycles. The number of tetrazole rings is 1. The Kier molecular flexibility index (Phi) is 7.10. The Morgan fingerprint density at radius 3 is 2.41 bits per heavy atom. The normalized spacial score (nSPS) is 11.0. The van der Waals surface area contributed by atoms with Crippen molar-refractivity contribution in [1.82, 2.24) is 30.2 Å². The number of rotatable bonds is 9. The number of ether oxygens (including phenoxy) is 2. The van der Waals surface area contributed by atoms with Crippen LogP contribution in [0.5, 0.6) is 11.8 Å². The maximum Gasteiger partial charge on any atom is 0.297 e. The number of H-pyrrole nitrogens is 1. The zero-order chi connectivity index (χ0) is 28.2. The third-order valence-corrected chi connectivity index (χ3v) is 6.73. The smallest absolute Gasteiger partial charge is 0.297 e. The number of fused-ring (bicyclic) bond motifs is 1. The molecule has 0 saturated carbocycles. The van der Waals surface area contributed by atoms with Gasteiger partial charge in [0.1, 0.15) is 5.75 Å². The molecule has 2 heterocycles. The molecule has 1 amide bonds. The minimum absolute atomic E-state index is 0.237. The molecule has 0 spiro atoms. The van der Waals surface area contributed by atoms with Crippen LogP contribution in [-0.4, -0.2) is 49.8 Å². The number of hydrogen-bond donors (Lipinski definition) is 2. The van der Waals surface area contributed by atoms with E-state index in [9.17, 15) is 4.79 Å². The highest BCUT2D eigenvalue weighted by Crippen LogP contribution is 2.31. The highest BCUT2D eigenvalue weighted by molar-refractivity contribution is 6.11. The van der Waals surface area contributed by atoms with E-state index >= 15 is 0 Å². The number of aromatic amines is 1. The summed E-state index contributed by atoms with van der Waals surface area (Å²) in [6, 6.07) is 29.4. The number of aromatic nitrogens is 6. The van der Waals surface area contributed by atoms with E-state index in [4.69, 9.17) is 14.5 Å². The summed E-state index contributed by atoms with van der Waals surface area (Å²) in [5, 5.41) is 17.3. The molecule has 0 unspecified atom stereocenters. The summed E-state index contributed by atoms with van der Waals surface area (Å²) in [6.45, 7) is 2.83. The molecule has 0 fully saturated rings. The average Bonchev–Trinajstić information content (AvgIpc) is 3.67. The number of carbonyl (C=O) groups is 1. The van der Waals surface area contributed by atoms with Crippen molar-refractivity contribution in [2.24, 2.45) is 0 Å². The second-order valence-electron chi connectivity index (χ2n) is 9.26. The lowest BCUT2D eigenvalue weighted by Crippen LogP contribution is -2.14. The Morgan fingerprint density at radius 2 is 1.71 bits per heavy atom. The van der Waals surface area contributed by atoms with E-state index in [1.807, 2.05) is 47.9 Å². The van der Waals surface area contributed by atoms with Crippen molar-refractivity contribution in [2.45, 2.75) is 13.5 Å². The molecule has 0 aliphatic carbocycles. The molecule has 0 aliphatic rings. The molecule has 0 radical (unpaired) electrons. The lowest BCUT2D eigenvalue weighted by Gasteiger charge is -2.13. The number of amides is 1. The van der Waals surface area contributed by atoms with E-state index in [0.29, 0.717) is 53.0 Å². The zero-order valence-electron chi connectivity index (χ0n) is 22.5. The second-order valence-corrected chi connectivity index (χ2v) is 9.26. The summed E-state index contributed by atoms with van der Waals surface area (Å²) in [7, 11) is 1.61. The van der Waals surface area contributed by atoms with Crippen LogP contribution in [0.4, 0.5) is 5.69 Å². The fourth-order valence-electron chi connectivity index (χ4n) is 4.79. The summed E-state index contributed by atoms with van der Waals surface area (Å²) in [5.74, 6) is 1.09. The van der Waals surface area contributed by atoms with Crippen LogP contribution in [0.1, 0.15) is 22.8 Å². The standard InChI is InChI=1S/C31H27N7O3/c1-3-41-31-33-27-10-6-9-26(30(39)32-22-15-17-23(40-2)18-16-22)28(27)38(31)19-20-11-13-21(14-12-20)24-7-4-5-8-25(24)29-34-36-37-35-29/h4-18H,3,19H2,1-2H3,(H,32,39)(H,34,35,36,37). The summed E-state index contributed by atoms with van der Waals surface area (Å²) >= 11 is 0. The summed E-state index contributed by atoms with van der Waals surface area (Å²) < 4.78 is 13.1. The summed E-state index contributed by atoms with van der Waals surface area (Å²) in [4.78, 5) is 18.1. The van der Waals surface area contributed by atoms with Gasteiger partial charge in [-0.2, -0.15) is 4.98 Å². The molecule has 41 heavy (non-hydrogen) atoms. The number of nitrogens with zero attached hydrogens (tertiary/aromatic N) is 5. The van der Waals surface area contributed by atoms with Crippen molar-refractivity contribution >= 4 is 22.6 Å². The van der Waals surface area contributed by atoms with Gasteiger partial charge in [0.15, 0.2) is 5.82 Å². The molecule has 10 heteroatoms. The third-order valence-electron chi connectivity index (χ3n) is 6.73. The number of nitrogens with one attached hydrogen (secondary N) is 2. The highest BCUT2D eigenvalue weighted by atomic mass is 16.5. The Labute approximate surface area is 236 Å². The quantitative estimate of drug-likeness (QED) is 0.243. The number of hydrogen-bond acceptors (Lipinski definition) is 7. The van der Waals surface area contributed by atoms with Crippen LogP contribution in [0.15, 0.2) is 91.0 Å². The lowest BCUT2D eigenvalue weighted by molar-refractivity contribution is 0.102. The van der Waals surface area contributed by atoms with Crippen LogP contribution in [0.2, 0.25) is 0 Å². The van der Waals surface area contributed by atoms with Crippen LogP contribution in [0.3, 0.4) is 0 Å². The maximum absolute atomic E-state index is 13.4. The first-order valence-corrected chi connectivity index (χ1v) is 13.1. The van der Waals surface area contributed by atoms with E-state index in [1.54, 1.807) is 37.4 Å². The van der Waals surface area contributed by atoms with Crippen molar-refractivity contribution < 1.29 is 14.3 Å². The first-order valence-electron chi connectivity index (χ1n) is 13.1. The lowest BCUT2D eigenvalue weighted by atomic mass is 9.98. The van der Waals surface area contributed by atoms with Crippen molar-refractivity contribution in [3.63, 3.8) is 0 Å².